The van der Waals surface area contributed by atoms with Crippen molar-refractivity contribution in [2.75, 3.05) is 13.7 Å². The van der Waals surface area contributed by atoms with Gasteiger partial charge in [0.05, 0.1) is 12.0 Å². The molecule has 1 unspecified atom stereocenters. The van der Waals surface area contributed by atoms with Crippen molar-refractivity contribution in [2.45, 2.75) is 26.3 Å². The van der Waals surface area contributed by atoms with Crippen LogP contribution in [0, 0.1) is 0 Å². The van der Waals surface area contributed by atoms with E-state index >= 15 is 0 Å². The Labute approximate surface area is 83.9 Å². The predicted molar refractivity (Wildman–Crippen MR) is 57.6 cm³/mol. The Morgan fingerprint density at radius 3 is 3.00 bits per heavy atom. The molecule has 1 heterocycles. The van der Waals surface area contributed by atoms with Gasteiger partial charge in [-0.3, -0.25) is 0 Å². The lowest BCUT2D eigenvalue weighted by atomic mass is 10.2. The van der Waals surface area contributed by atoms with E-state index in [0.717, 1.165) is 18.7 Å². The molecule has 0 aromatic carbocycles. The molecule has 3 heteroatoms. The van der Waals surface area contributed by atoms with Crippen LogP contribution in [0.15, 0.2) is 11.4 Å². The van der Waals surface area contributed by atoms with Crippen LogP contribution in [0.5, 0.6) is 5.75 Å². The average Bonchev–Trinajstić information content (AvgIpc) is 2.61. The molecule has 1 N–H and O–H groups in total. The summed E-state index contributed by atoms with van der Waals surface area (Å²) < 4.78 is 5.26. The Balaban J connectivity index is 2.59. The van der Waals surface area contributed by atoms with Gasteiger partial charge in [0.2, 0.25) is 0 Å². The first kappa shape index (κ1) is 10.5. The number of hydrogen-bond acceptors (Lipinski definition) is 3. The molecular weight excluding hydrogens is 182 g/mol. The third-order valence-corrected chi connectivity index (χ3v) is 3.05. The summed E-state index contributed by atoms with van der Waals surface area (Å²) in [5.74, 6) is 1.00. The predicted octanol–water partition coefficient (Wildman–Crippen LogP) is 2.82. The summed E-state index contributed by atoms with van der Waals surface area (Å²) >= 11 is 1.75. The third-order valence-electron chi connectivity index (χ3n) is 1.97. The molecule has 13 heavy (non-hydrogen) atoms. The maximum Gasteiger partial charge on any atom is 0.134 e. The van der Waals surface area contributed by atoms with Gasteiger partial charge in [-0.25, -0.2) is 0 Å². The fourth-order valence-electron chi connectivity index (χ4n) is 1.25. The van der Waals surface area contributed by atoms with Crippen molar-refractivity contribution in [1.82, 2.24) is 5.32 Å². The molecule has 0 amide bonds. The summed E-state index contributed by atoms with van der Waals surface area (Å²) in [6, 6.07) is 2.42. The maximum absolute atomic E-state index is 5.26. The van der Waals surface area contributed by atoms with Gasteiger partial charge in [-0.15, -0.1) is 11.3 Å². The largest absolute Gasteiger partial charge is 0.496 e. The van der Waals surface area contributed by atoms with Crippen molar-refractivity contribution < 1.29 is 4.74 Å². The van der Waals surface area contributed by atoms with E-state index < -0.39 is 0 Å². The Morgan fingerprint density at radius 1 is 1.62 bits per heavy atom. The lowest BCUT2D eigenvalue weighted by Crippen LogP contribution is -2.18. The van der Waals surface area contributed by atoms with Crippen molar-refractivity contribution in [2.24, 2.45) is 0 Å². The lowest BCUT2D eigenvalue weighted by Gasteiger charge is -2.12. The third kappa shape index (κ3) is 2.71. The fourth-order valence-corrected chi connectivity index (χ4v) is 2.14. The highest BCUT2D eigenvalue weighted by Crippen LogP contribution is 2.30. The van der Waals surface area contributed by atoms with Crippen LogP contribution in [-0.2, 0) is 0 Å². The lowest BCUT2D eigenvalue weighted by molar-refractivity contribution is 0.405. The van der Waals surface area contributed by atoms with E-state index in [1.165, 1.54) is 4.88 Å². The van der Waals surface area contributed by atoms with Crippen molar-refractivity contribution >= 4 is 11.3 Å². The Bertz CT molecular complexity index is 247. The standard InChI is InChI=1S/C10H17NOS/c1-4-6-11-8(2)10-9(12-3)5-7-13-10/h5,7-8,11H,4,6H2,1-3H3. The number of hydrogen-bond donors (Lipinski definition) is 1. The fraction of sp³-hybridized carbons (Fsp3) is 0.600. The van der Waals surface area contributed by atoms with Gasteiger partial charge in [0.25, 0.3) is 0 Å². The van der Waals surface area contributed by atoms with Crippen LogP contribution in [0.3, 0.4) is 0 Å². The average molecular weight is 199 g/mol. The summed E-state index contributed by atoms with van der Waals surface area (Å²) in [6.07, 6.45) is 1.16. The molecule has 1 rings (SSSR count). The molecule has 0 radical (unpaired) electrons. The number of rotatable bonds is 5. The van der Waals surface area contributed by atoms with E-state index in [1.54, 1.807) is 18.4 Å². The minimum absolute atomic E-state index is 0.398. The Hall–Kier alpha value is -0.540. The molecule has 1 aromatic rings. The van der Waals surface area contributed by atoms with Gasteiger partial charge in [-0.2, -0.15) is 0 Å². The second-order valence-corrected chi connectivity index (χ2v) is 3.98. The van der Waals surface area contributed by atoms with Gasteiger partial charge in [0.1, 0.15) is 5.75 Å². The summed E-state index contributed by atoms with van der Waals surface area (Å²) in [4.78, 5) is 1.29. The quantitative estimate of drug-likeness (QED) is 0.787. The highest BCUT2D eigenvalue weighted by atomic mass is 32.1. The van der Waals surface area contributed by atoms with Crippen LogP contribution in [-0.4, -0.2) is 13.7 Å². The van der Waals surface area contributed by atoms with E-state index in [2.05, 4.69) is 24.5 Å². The first-order valence-electron chi connectivity index (χ1n) is 4.64. The van der Waals surface area contributed by atoms with Crippen molar-refractivity contribution in [3.8, 4) is 5.75 Å². The van der Waals surface area contributed by atoms with Crippen LogP contribution in [0.25, 0.3) is 0 Å². The topological polar surface area (TPSA) is 21.3 Å². The van der Waals surface area contributed by atoms with E-state index in [1.807, 2.05) is 6.07 Å². The van der Waals surface area contributed by atoms with Gasteiger partial charge in [-0.05, 0) is 31.3 Å². The summed E-state index contributed by atoms with van der Waals surface area (Å²) in [5, 5.41) is 5.51. The number of ether oxygens (including phenoxy) is 1. The van der Waals surface area contributed by atoms with E-state index in [-0.39, 0.29) is 0 Å². The van der Waals surface area contributed by atoms with Gasteiger partial charge in [0, 0.05) is 6.04 Å². The smallest absolute Gasteiger partial charge is 0.134 e. The normalized spacial score (nSPS) is 12.8. The molecule has 0 aliphatic heterocycles. The molecule has 0 saturated heterocycles. The van der Waals surface area contributed by atoms with Crippen LogP contribution < -0.4 is 10.1 Å². The molecule has 0 saturated carbocycles. The summed E-state index contributed by atoms with van der Waals surface area (Å²) in [7, 11) is 1.72. The van der Waals surface area contributed by atoms with Gasteiger partial charge in [0.15, 0.2) is 0 Å². The molecule has 74 valence electrons. The molecule has 1 atom stereocenters. The SMILES string of the molecule is CCCNC(C)c1sccc1OC. The first-order chi connectivity index (χ1) is 6.29. The number of nitrogens with one attached hydrogen (secondary N) is 1. The number of thiophene rings is 1. The van der Waals surface area contributed by atoms with E-state index in [4.69, 9.17) is 4.74 Å². The van der Waals surface area contributed by atoms with Gasteiger partial charge in [-0.1, -0.05) is 6.92 Å². The van der Waals surface area contributed by atoms with Crippen LogP contribution in [0.2, 0.25) is 0 Å². The molecular formula is C10H17NOS. The molecule has 0 fully saturated rings. The Kier molecular flexibility index (Phi) is 4.25. The molecule has 1 aromatic heterocycles. The zero-order valence-corrected chi connectivity index (χ0v) is 9.28. The molecule has 0 aliphatic rings. The summed E-state index contributed by atoms with van der Waals surface area (Å²) in [5.41, 5.74) is 0. The van der Waals surface area contributed by atoms with E-state index in [9.17, 15) is 0 Å². The monoisotopic (exact) mass is 199 g/mol. The minimum atomic E-state index is 0.398. The highest BCUT2D eigenvalue weighted by Gasteiger charge is 2.11. The maximum atomic E-state index is 5.26. The minimum Gasteiger partial charge on any atom is -0.496 e. The first-order valence-corrected chi connectivity index (χ1v) is 5.52. The summed E-state index contributed by atoms with van der Waals surface area (Å²) in [6.45, 7) is 5.40. The van der Waals surface area contributed by atoms with Crippen molar-refractivity contribution in [1.29, 1.82) is 0 Å². The van der Waals surface area contributed by atoms with Gasteiger partial charge < -0.3 is 10.1 Å². The van der Waals surface area contributed by atoms with Crippen LogP contribution in [0.4, 0.5) is 0 Å². The zero-order valence-electron chi connectivity index (χ0n) is 8.46. The molecule has 2 nitrogen and oxygen atoms in total. The molecule has 0 spiro atoms. The molecule has 0 bridgehead atoms. The highest BCUT2D eigenvalue weighted by molar-refractivity contribution is 7.10. The molecule has 0 aliphatic carbocycles. The number of methoxy groups -OCH3 is 1. The second-order valence-electron chi connectivity index (χ2n) is 3.03. The van der Waals surface area contributed by atoms with Crippen molar-refractivity contribution in [3.63, 3.8) is 0 Å². The van der Waals surface area contributed by atoms with Crippen LogP contribution >= 0.6 is 11.3 Å². The van der Waals surface area contributed by atoms with Gasteiger partial charge >= 0.3 is 0 Å². The van der Waals surface area contributed by atoms with Crippen LogP contribution in [0.1, 0.15) is 31.2 Å². The van der Waals surface area contributed by atoms with E-state index in [0.29, 0.717) is 6.04 Å². The second kappa shape index (κ2) is 5.25. The van der Waals surface area contributed by atoms with Crippen molar-refractivity contribution in [3.05, 3.63) is 16.3 Å². The Morgan fingerprint density at radius 2 is 2.38 bits per heavy atom. The zero-order chi connectivity index (χ0) is 9.68.